The number of non-ortho nitro benzene ring substituents is 1. The van der Waals surface area contributed by atoms with E-state index in [0.717, 1.165) is 24.2 Å². The number of nitrogen functional groups attached to an aromatic ring is 1. The van der Waals surface area contributed by atoms with Crippen molar-refractivity contribution in [2.45, 2.75) is 26.7 Å². The molecule has 100 valence electrons. The summed E-state index contributed by atoms with van der Waals surface area (Å²) in [6.45, 7) is 4.04. The van der Waals surface area contributed by atoms with Gasteiger partial charge in [-0.25, -0.2) is 4.68 Å². The molecular formula is C13H16N4O2. The van der Waals surface area contributed by atoms with Crippen LogP contribution in [0.4, 0.5) is 11.4 Å². The molecule has 19 heavy (non-hydrogen) atoms. The third-order valence-electron chi connectivity index (χ3n) is 2.94. The Balaban J connectivity index is 2.57. The van der Waals surface area contributed by atoms with E-state index in [-0.39, 0.29) is 5.69 Å². The first-order chi connectivity index (χ1) is 9.05. The van der Waals surface area contributed by atoms with Gasteiger partial charge in [0.2, 0.25) is 0 Å². The van der Waals surface area contributed by atoms with Gasteiger partial charge in [0.05, 0.1) is 16.3 Å². The summed E-state index contributed by atoms with van der Waals surface area (Å²) in [5.74, 6) is 0. The van der Waals surface area contributed by atoms with E-state index in [1.165, 1.54) is 12.1 Å². The molecular weight excluding hydrogens is 244 g/mol. The Hall–Kier alpha value is -2.37. The molecule has 6 heteroatoms. The largest absolute Gasteiger partial charge is 0.398 e. The van der Waals surface area contributed by atoms with Crippen molar-refractivity contribution in [1.82, 2.24) is 9.78 Å². The molecule has 0 unspecified atom stereocenters. The highest BCUT2D eigenvalue weighted by molar-refractivity contribution is 5.56. The molecule has 2 aromatic rings. The summed E-state index contributed by atoms with van der Waals surface area (Å²) in [5, 5.41) is 15.3. The summed E-state index contributed by atoms with van der Waals surface area (Å²) in [6.07, 6.45) is 1.63. The summed E-state index contributed by atoms with van der Waals surface area (Å²) < 4.78 is 1.72. The van der Waals surface area contributed by atoms with Crippen molar-refractivity contribution in [1.29, 1.82) is 0 Å². The summed E-state index contributed by atoms with van der Waals surface area (Å²) in [4.78, 5) is 10.4. The van der Waals surface area contributed by atoms with E-state index in [2.05, 4.69) is 5.10 Å². The van der Waals surface area contributed by atoms with E-state index in [4.69, 9.17) is 5.73 Å². The number of nitro benzene ring substituents is 1. The molecule has 0 saturated heterocycles. The monoisotopic (exact) mass is 260 g/mol. The van der Waals surface area contributed by atoms with Gasteiger partial charge in [0.1, 0.15) is 0 Å². The van der Waals surface area contributed by atoms with Crippen molar-refractivity contribution in [2.75, 3.05) is 5.73 Å². The lowest BCUT2D eigenvalue weighted by Gasteiger charge is -2.06. The maximum Gasteiger partial charge on any atom is 0.273 e. The number of benzene rings is 1. The summed E-state index contributed by atoms with van der Waals surface area (Å²) in [7, 11) is 0. The second-order valence-electron chi connectivity index (χ2n) is 4.29. The Bertz CT molecular complexity index is 619. The average Bonchev–Trinajstić information content (AvgIpc) is 2.81. The molecule has 0 radical (unpaired) electrons. The minimum absolute atomic E-state index is 0.0226. The smallest absolute Gasteiger partial charge is 0.273 e. The SMILES string of the molecule is CCc1cc(CC)n(-c2cc(N)cc([N+](=O)[O-])c2)n1. The van der Waals surface area contributed by atoms with Crippen LogP contribution in [0.1, 0.15) is 25.2 Å². The molecule has 2 N–H and O–H groups in total. The zero-order chi connectivity index (χ0) is 14.0. The van der Waals surface area contributed by atoms with Crippen LogP contribution in [-0.4, -0.2) is 14.7 Å². The van der Waals surface area contributed by atoms with Gasteiger partial charge in [-0.15, -0.1) is 0 Å². The first-order valence-electron chi connectivity index (χ1n) is 6.18. The van der Waals surface area contributed by atoms with Crippen LogP contribution in [0, 0.1) is 10.1 Å². The fraction of sp³-hybridized carbons (Fsp3) is 0.308. The number of nitrogens with zero attached hydrogens (tertiary/aromatic N) is 3. The molecule has 0 aliphatic rings. The molecule has 0 spiro atoms. The Morgan fingerprint density at radius 3 is 2.58 bits per heavy atom. The average molecular weight is 260 g/mol. The van der Waals surface area contributed by atoms with Crippen molar-refractivity contribution >= 4 is 11.4 Å². The molecule has 0 fully saturated rings. The number of rotatable bonds is 4. The molecule has 6 nitrogen and oxygen atoms in total. The van der Waals surface area contributed by atoms with Crippen molar-refractivity contribution in [3.05, 3.63) is 45.8 Å². The van der Waals surface area contributed by atoms with Crippen LogP contribution < -0.4 is 5.73 Å². The highest BCUT2D eigenvalue weighted by Crippen LogP contribution is 2.23. The molecule has 1 aromatic carbocycles. The van der Waals surface area contributed by atoms with Gasteiger partial charge in [0.15, 0.2) is 0 Å². The fourth-order valence-corrected chi connectivity index (χ4v) is 1.97. The first-order valence-corrected chi connectivity index (χ1v) is 6.18. The van der Waals surface area contributed by atoms with Gasteiger partial charge >= 0.3 is 0 Å². The summed E-state index contributed by atoms with van der Waals surface area (Å²) >= 11 is 0. The van der Waals surface area contributed by atoms with E-state index in [9.17, 15) is 10.1 Å². The number of hydrogen-bond acceptors (Lipinski definition) is 4. The molecule has 2 rings (SSSR count). The number of anilines is 1. The molecule has 0 amide bonds. The lowest BCUT2D eigenvalue weighted by Crippen LogP contribution is -2.03. The van der Waals surface area contributed by atoms with Crippen LogP contribution in [-0.2, 0) is 12.8 Å². The molecule has 0 aliphatic carbocycles. The zero-order valence-electron chi connectivity index (χ0n) is 11.0. The van der Waals surface area contributed by atoms with Gasteiger partial charge in [0.25, 0.3) is 5.69 Å². The van der Waals surface area contributed by atoms with Crippen molar-refractivity contribution in [3.63, 3.8) is 0 Å². The Kier molecular flexibility index (Phi) is 3.50. The quantitative estimate of drug-likeness (QED) is 0.519. The summed E-state index contributed by atoms with van der Waals surface area (Å²) in [5.41, 5.74) is 8.66. The predicted octanol–water partition coefficient (Wildman–Crippen LogP) is 2.49. The van der Waals surface area contributed by atoms with Gasteiger partial charge in [-0.3, -0.25) is 10.1 Å². The molecule has 0 bridgehead atoms. The number of nitrogens with two attached hydrogens (primary N) is 1. The number of aromatic nitrogens is 2. The van der Waals surface area contributed by atoms with Crippen LogP contribution in [0.2, 0.25) is 0 Å². The van der Waals surface area contributed by atoms with Crippen LogP contribution in [0.3, 0.4) is 0 Å². The minimum atomic E-state index is -0.449. The van der Waals surface area contributed by atoms with Gasteiger partial charge in [0, 0.05) is 23.5 Å². The fourth-order valence-electron chi connectivity index (χ4n) is 1.97. The van der Waals surface area contributed by atoms with Gasteiger partial charge < -0.3 is 5.73 Å². The van der Waals surface area contributed by atoms with E-state index in [1.54, 1.807) is 10.7 Å². The maximum absolute atomic E-state index is 10.9. The molecule has 0 atom stereocenters. The topological polar surface area (TPSA) is 87.0 Å². The molecule has 0 saturated carbocycles. The van der Waals surface area contributed by atoms with Crippen molar-refractivity contribution in [3.8, 4) is 5.69 Å². The first kappa shape index (κ1) is 13.1. The van der Waals surface area contributed by atoms with Gasteiger partial charge in [-0.05, 0) is 25.0 Å². The number of nitro groups is 1. The lowest BCUT2D eigenvalue weighted by atomic mass is 10.2. The molecule has 1 heterocycles. The Morgan fingerprint density at radius 1 is 1.26 bits per heavy atom. The third kappa shape index (κ3) is 2.57. The third-order valence-corrected chi connectivity index (χ3v) is 2.94. The zero-order valence-corrected chi connectivity index (χ0v) is 11.0. The number of hydrogen-bond donors (Lipinski definition) is 1. The summed E-state index contributed by atoms with van der Waals surface area (Å²) in [6, 6.07) is 6.54. The normalized spacial score (nSPS) is 10.6. The van der Waals surface area contributed by atoms with E-state index >= 15 is 0 Å². The van der Waals surface area contributed by atoms with Crippen molar-refractivity contribution < 1.29 is 4.92 Å². The van der Waals surface area contributed by atoms with Gasteiger partial charge in [-0.1, -0.05) is 13.8 Å². The van der Waals surface area contributed by atoms with E-state index in [0.29, 0.717) is 11.4 Å². The van der Waals surface area contributed by atoms with Crippen LogP contribution in [0.5, 0.6) is 0 Å². The van der Waals surface area contributed by atoms with Crippen LogP contribution in [0.15, 0.2) is 24.3 Å². The highest BCUT2D eigenvalue weighted by Gasteiger charge is 2.13. The van der Waals surface area contributed by atoms with Crippen LogP contribution >= 0.6 is 0 Å². The second-order valence-corrected chi connectivity index (χ2v) is 4.29. The lowest BCUT2D eigenvalue weighted by molar-refractivity contribution is -0.384. The highest BCUT2D eigenvalue weighted by atomic mass is 16.6. The van der Waals surface area contributed by atoms with Crippen molar-refractivity contribution in [2.24, 2.45) is 0 Å². The molecule has 1 aromatic heterocycles. The van der Waals surface area contributed by atoms with E-state index < -0.39 is 4.92 Å². The van der Waals surface area contributed by atoms with Gasteiger partial charge in [-0.2, -0.15) is 5.10 Å². The number of aryl methyl sites for hydroxylation is 2. The Labute approximate surface area is 111 Å². The standard InChI is InChI=1S/C13H16N4O2/c1-3-10-7-11(4-2)16(15-10)12-5-9(14)6-13(8-12)17(18)19/h5-8H,3-4,14H2,1-2H3. The Morgan fingerprint density at radius 2 is 2.00 bits per heavy atom. The van der Waals surface area contributed by atoms with Crippen LogP contribution in [0.25, 0.3) is 5.69 Å². The molecule has 0 aliphatic heterocycles. The predicted molar refractivity (Wildman–Crippen MR) is 73.4 cm³/mol. The minimum Gasteiger partial charge on any atom is -0.398 e. The van der Waals surface area contributed by atoms with E-state index in [1.807, 2.05) is 19.9 Å². The second kappa shape index (κ2) is 5.09. The maximum atomic E-state index is 10.9.